The Morgan fingerprint density at radius 2 is 1.82 bits per heavy atom. The third-order valence-electron chi connectivity index (χ3n) is 3.21. The predicted molar refractivity (Wildman–Crippen MR) is 83.6 cm³/mol. The van der Waals surface area contributed by atoms with Crippen molar-refractivity contribution in [3.05, 3.63) is 53.1 Å². The topological polar surface area (TPSA) is 99.0 Å². The first-order valence-corrected chi connectivity index (χ1v) is 7.92. The summed E-state index contributed by atoms with van der Waals surface area (Å²) in [4.78, 5) is 2.17. The molecule has 0 aliphatic rings. The van der Waals surface area contributed by atoms with E-state index in [0.717, 1.165) is 17.3 Å². The number of hydrogen-bond donors (Lipinski definition) is 3. The van der Waals surface area contributed by atoms with Crippen LogP contribution in [0.5, 0.6) is 11.5 Å². The zero-order chi connectivity index (χ0) is 16.3. The van der Waals surface area contributed by atoms with Crippen LogP contribution in [0.4, 0.5) is 0 Å². The van der Waals surface area contributed by atoms with E-state index in [1.54, 1.807) is 12.1 Å². The number of sulfonamides is 1. The summed E-state index contributed by atoms with van der Waals surface area (Å²) in [5, 5.41) is 22.5. The summed E-state index contributed by atoms with van der Waals surface area (Å²) in [7, 11) is -3.78. The first-order valence-electron chi connectivity index (χ1n) is 6.44. The molecular weight excluding hydrogens is 304 g/mol. The highest BCUT2D eigenvalue weighted by molar-refractivity contribution is 7.89. The van der Waals surface area contributed by atoms with E-state index in [4.69, 9.17) is 0 Å². The minimum Gasteiger partial charge on any atom is -0.504 e. The molecule has 0 fully saturated rings. The number of aryl methyl sites for hydroxylation is 2. The monoisotopic (exact) mass is 320 g/mol. The number of nitrogens with zero attached hydrogens (tertiary/aromatic N) is 1. The average Bonchev–Trinajstić information content (AvgIpc) is 2.46. The van der Waals surface area contributed by atoms with E-state index in [1.165, 1.54) is 24.3 Å². The van der Waals surface area contributed by atoms with Crippen LogP contribution in [0.3, 0.4) is 0 Å². The summed E-state index contributed by atoms with van der Waals surface area (Å²) in [6, 6.07) is 9.07. The molecule has 0 radical (unpaired) electrons. The van der Waals surface area contributed by atoms with E-state index in [0.29, 0.717) is 0 Å². The lowest BCUT2D eigenvalue weighted by molar-refractivity contribution is 0.403. The third-order valence-corrected chi connectivity index (χ3v) is 4.43. The molecular formula is C15H16N2O4S. The molecule has 0 spiro atoms. The molecule has 0 unspecified atom stereocenters. The summed E-state index contributed by atoms with van der Waals surface area (Å²) in [6.07, 6.45) is 1.12. The molecule has 0 aliphatic carbocycles. The van der Waals surface area contributed by atoms with Crippen molar-refractivity contribution in [2.45, 2.75) is 18.7 Å². The quantitative estimate of drug-likeness (QED) is 0.456. The smallest absolute Gasteiger partial charge is 0.276 e. The van der Waals surface area contributed by atoms with Gasteiger partial charge in [-0.1, -0.05) is 12.1 Å². The van der Waals surface area contributed by atoms with Crippen LogP contribution in [0.25, 0.3) is 0 Å². The Bertz CT molecular complexity index is 829. The van der Waals surface area contributed by atoms with Crippen molar-refractivity contribution in [3.8, 4) is 11.5 Å². The van der Waals surface area contributed by atoms with Gasteiger partial charge in [0.2, 0.25) is 0 Å². The molecule has 2 aromatic carbocycles. The molecule has 116 valence electrons. The van der Waals surface area contributed by atoms with Crippen LogP contribution in [0, 0.1) is 13.8 Å². The Morgan fingerprint density at radius 3 is 2.50 bits per heavy atom. The fourth-order valence-corrected chi connectivity index (χ4v) is 2.63. The van der Waals surface area contributed by atoms with Crippen LogP contribution in [0.15, 0.2) is 46.4 Å². The molecule has 0 saturated carbocycles. The second-order valence-corrected chi connectivity index (χ2v) is 6.47. The van der Waals surface area contributed by atoms with Gasteiger partial charge in [-0.15, -0.1) is 0 Å². The van der Waals surface area contributed by atoms with Crippen LogP contribution in [0.2, 0.25) is 0 Å². The molecule has 0 aromatic heterocycles. The molecule has 0 heterocycles. The first kappa shape index (κ1) is 15.8. The van der Waals surface area contributed by atoms with Crippen LogP contribution in [-0.2, 0) is 10.0 Å². The van der Waals surface area contributed by atoms with E-state index in [2.05, 4.69) is 9.93 Å². The maximum atomic E-state index is 12.1. The summed E-state index contributed by atoms with van der Waals surface area (Å²) >= 11 is 0. The Hall–Kier alpha value is -2.54. The standard InChI is InChI=1S/C15H16N2O4S/c1-10-6-7-13(8-11(10)2)22(20,21)17-16-9-12-4-3-5-14(18)15(12)19/h3-9,17-19H,1-2H3. The summed E-state index contributed by atoms with van der Waals surface area (Å²) in [5.74, 6) is -0.669. The highest BCUT2D eigenvalue weighted by Crippen LogP contribution is 2.26. The zero-order valence-corrected chi connectivity index (χ0v) is 12.9. The number of rotatable bonds is 4. The van der Waals surface area contributed by atoms with E-state index in [-0.39, 0.29) is 22.0 Å². The van der Waals surface area contributed by atoms with E-state index >= 15 is 0 Å². The van der Waals surface area contributed by atoms with Crippen LogP contribution < -0.4 is 4.83 Å². The van der Waals surface area contributed by atoms with Gasteiger partial charge in [0.25, 0.3) is 10.0 Å². The lowest BCUT2D eigenvalue weighted by atomic mass is 10.1. The van der Waals surface area contributed by atoms with Gasteiger partial charge < -0.3 is 10.2 Å². The maximum Gasteiger partial charge on any atom is 0.276 e. The Labute approximate surface area is 128 Å². The number of benzene rings is 2. The number of hydrazone groups is 1. The number of nitrogens with one attached hydrogen (secondary N) is 1. The number of para-hydroxylation sites is 1. The minimum absolute atomic E-state index is 0.105. The summed E-state index contributed by atoms with van der Waals surface area (Å²) in [5.41, 5.74) is 2.05. The van der Waals surface area contributed by atoms with Crippen molar-refractivity contribution in [2.75, 3.05) is 0 Å². The molecule has 0 bridgehead atoms. The van der Waals surface area contributed by atoms with Gasteiger partial charge in [0, 0.05) is 5.56 Å². The second kappa shape index (κ2) is 6.07. The van der Waals surface area contributed by atoms with Crippen molar-refractivity contribution >= 4 is 16.2 Å². The Kier molecular flexibility index (Phi) is 4.37. The van der Waals surface area contributed by atoms with Crippen molar-refractivity contribution in [2.24, 2.45) is 5.10 Å². The molecule has 7 heteroatoms. The van der Waals surface area contributed by atoms with Crippen LogP contribution in [0.1, 0.15) is 16.7 Å². The third kappa shape index (κ3) is 3.37. The number of hydrogen-bond acceptors (Lipinski definition) is 5. The second-order valence-electron chi connectivity index (χ2n) is 4.81. The molecule has 3 N–H and O–H groups in total. The van der Waals surface area contributed by atoms with Gasteiger partial charge in [0.1, 0.15) is 0 Å². The molecule has 2 rings (SSSR count). The lowest BCUT2D eigenvalue weighted by Crippen LogP contribution is -2.18. The zero-order valence-electron chi connectivity index (χ0n) is 12.1. The van der Waals surface area contributed by atoms with Crippen LogP contribution in [-0.4, -0.2) is 24.8 Å². The lowest BCUT2D eigenvalue weighted by Gasteiger charge is -2.06. The first-order chi connectivity index (χ1) is 10.3. The van der Waals surface area contributed by atoms with Gasteiger partial charge in [-0.2, -0.15) is 13.5 Å². The molecule has 0 aliphatic heterocycles. The van der Waals surface area contributed by atoms with Crippen molar-refractivity contribution in [3.63, 3.8) is 0 Å². The van der Waals surface area contributed by atoms with Gasteiger partial charge in [-0.3, -0.25) is 0 Å². The maximum absolute atomic E-state index is 12.1. The minimum atomic E-state index is -3.78. The molecule has 22 heavy (non-hydrogen) atoms. The molecule has 6 nitrogen and oxygen atoms in total. The SMILES string of the molecule is Cc1ccc(S(=O)(=O)NN=Cc2cccc(O)c2O)cc1C. The van der Waals surface area contributed by atoms with Gasteiger partial charge >= 0.3 is 0 Å². The highest BCUT2D eigenvalue weighted by atomic mass is 32.2. The fraction of sp³-hybridized carbons (Fsp3) is 0.133. The van der Waals surface area contributed by atoms with Crippen LogP contribution >= 0.6 is 0 Å². The molecule has 0 saturated heterocycles. The number of aromatic hydroxyl groups is 2. The Balaban J connectivity index is 2.20. The Morgan fingerprint density at radius 1 is 1.09 bits per heavy atom. The average molecular weight is 320 g/mol. The normalized spacial score (nSPS) is 11.7. The van der Waals surface area contributed by atoms with Crippen molar-refractivity contribution < 1.29 is 18.6 Å². The molecule has 0 amide bonds. The fourth-order valence-electron chi connectivity index (χ4n) is 1.75. The van der Waals surface area contributed by atoms with E-state index in [1.807, 2.05) is 13.8 Å². The van der Waals surface area contributed by atoms with Crippen molar-refractivity contribution in [1.29, 1.82) is 0 Å². The van der Waals surface area contributed by atoms with Crippen molar-refractivity contribution in [1.82, 2.24) is 4.83 Å². The largest absolute Gasteiger partial charge is 0.504 e. The summed E-state index contributed by atoms with van der Waals surface area (Å²) < 4.78 is 24.2. The summed E-state index contributed by atoms with van der Waals surface area (Å²) in [6.45, 7) is 3.71. The van der Waals surface area contributed by atoms with E-state index < -0.39 is 10.0 Å². The highest BCUT2D eigenvalue weighted by Gasteiger charge is 2.13. The number of phenols is 2. The van der Waals surface area contributed by atoms with Gasteiger partial charge in [-0.05, 0) is 49.2 Å². The molecule has 0 atom stereocenters. The molecule has 2 aromatic rings. The van der Waals surface area contributed by atoms with Gasteiger partial charge in [0.15, 0.2) is 11.5 Å². The van der Waals surface area contributed by atoms with Gasteiger partial charge in [-0.25, -0.2) is 4.83 Å². The number of phenolic OH excluding ortho intramolecular Hbond substituents is 2. The van der Waals surface area contributed by atoms with Gasteiger partial charge in [0.05, 0.1) is 11.1 Å². The predicted octanol–water partition coefficient (Wildman–Crippen LogP) is 2.03. The van der Waals surface area contributed by atoms with E-state index in [9.17, 15) is 18.6 Å².